The van der Waals surface area contributed by atoms with Crippen molar-refractivity contribution in [3.63, 3.8) is 0 Å². The van der Waals surface area contributed by atoms with Gasteiger partial charge in [-0.05, 0) is 0 Å². The zero-order valence-corrected chi connectivity index (χ0v) is 9.18. The van der Waals surface area contributed by atoms with E-state index < -0.39 is 33.8 Å². The summed E-state index contributed by atoms with van der Waals surface area (Å²) >= 11 is 0. The lowest BCUT2D eigenvalue weighted by Gasteiger charge is -2.06. The summed E-state index contributed by atoms with van der Waals surface area (Å²) in [6.07, 6.45) is 2.38. The van der Waals surface area contributed by atoms with Crippen LogP contribution in [0, 0.1) is 21.7 Å². The third-order valence-corrected chi connectivity index (χ3v) is 2.23. The Morgan fingerprint density at radius 2 is 2.16 bits per heavy atom. The number of hydrogen-bond acceptors (Lipinski definition) is 4. The van der Waals surface area contributed by atoms with Gasteiger partial charge in [0.15, 0.2) is 11.5 Å². The van der Waals surface area contributed by atoms with Crippen molar-refractivity contribution >= 4 is 17.3 Å². The second-order valence-corrected chi connectivity index (χ2v) is 3.48. The standard InChI is InChI=1S/C10H6F2N4O3/c11-6-1-7(12)9(8(2-6)16(18)19)15-10(17)5-3-13-14-4-5/h1-4H,(H,13,14)(H,15,17). The van der Waals surface area contributed by atoms with E-state index in [-0.39, 0.29) is 5.56 Å². The molecule has 19 heavy (non-hydrogen) atoms. The normalized spacial score (nSPS) is 10.2. The third kappa shape index (κ3) is 2.54. The fourth-order valence-corrected chi connectivity index (χ4v) is 1.39. The number of aromatic amines is 1. The molecule has 2 rings (SSSR count). The topological polar surface area (TPSA) is 101 Å². The molecule has 0 atom stereocenters. The average Bonchev–Trinajstić information content (AvgIpc) is 2.85. The molecule has 0 aliphatic carbocycles. The molecule has 0 bridgehead atoms. The van der Waals surface area contributed by atoms with Gasteiger partial charge in [-0.25, -0.2) is 8.78 Å². The molecular formula is C10H6F2N4O3. The Morgan fingerprint density at radius 3 is 2.74 bits per heavy atom. The molecule has 0 spiro atoms. The Morgan fingerprint density at radius 1 is 1.42 bits per heavy atom. The average molecular weight is 268 g/mol. The summed E-state index contributed by atoms with van der Waals surface area (Å²) in [4.78, 5) is 21.3. The van der Waals surface area contributed by atoms with E-state index in [0.717, 1.165) is 6.20 Å². The highest BCUT2D eigenvalue weighted by molar-refractivity contribution is 6.05. The fourth-order valence-electron chi connectivity index (χ4n) is 1.39. The molecule has 9 heteroatoms. The number of amides is 1. The Hall–Kier alpha value is -2.84. The highest BCUT2D eigenvalue weighted by Gasteiger charge is 2.22. The number of nitro groups is 1. The van der Waals surface area contributed by atoms with E-state index in [1.54, 1.807) is 0 Å². The van der Waals surface area contributed by atoms with Crippen molar-refractivity contribution in [3.05, 3.63) is 51.8 Å². The molecule has 0 unspecified atom stereocenters. The smallest absolute Gasteiger partial charge is 0.298 e. The van der Waals surface area contributed by atoms with E-state index in [1.807, 2.05) is 5.32 Å². The SMILES string of the molecule is O=C(Nc1c(F)cc(F)cc1[N+](=O)[O-])c1cn[nH]c1. The van der Waals surface area contributed by atoms with Crippen LogP contribution in [0.1, 0.15) is 10.4 Å². The third-order valence-electron chi connectivity index (χ3n) is 2.23. The first-order chi connectivity index (χ1) is 8.99. The number of hydrogen-bond donors (Lipinski definition) is 2. The Labute approximate surface area is 104 Å². The molecule has 1 aromatic heterocycles. The number of rotatable bonds is 3. The van der Waals surface area contributed by atoms with Crippen molar-refractivity contribution in [2.75, 3.05) is 5.32 Å². The van der Waals surface area contributed by atoms with Gasteiger partial charge in [0, 0.05) is 12.3 Å². The summed E-state index contributed by atoms with van der Waals surface area (Å²) in [6, 6.07) is 0.964. The first-order valence-corrected chi connectivity index (χ1v) is 4.92. The van der Waals surface area contributed by atoms with E-state index in [9.17, 15) is 23.7 Å². The van der Waals surface area contributed by atoms with Crippen molar-refractivity contribution in [2.45, 2.75) is 0 Å². The minimum atomic E-state index is -1.23. The van der Waals surface area contributed by atoms with Gasteiger partial charge in [-0.15, -0.1) is 0 Å². The van der Waals surface area contributed by atoms with E-state index >= 15 is 0 Å². The molecule has 2 N–H and O–H groups in total. The van der Waals surface area contributed by atoms with Crippen LogP contribution in [0.15, 0.2) is 24.5 Å². The van der Waals surface area contributed by atoms with E-state index in [0.29, 0.717) is 12.1 Å². The predicted octanol–water partition coefficient (Wildman–Crippen LogP) is 1.85. The number of carbonyl (C=O) groups excluding carboxylic acids is 1. The van der Waals surface area contributed by atoms with E-state index in [4.69, 9.17) is 0 Å². The molecule has 1 heterocycles. The number of nitro benzene ring substituents is 1. The Balaban J connectivity index is 2.39. The number of benzene rings is 1. The monoisotopic (exact) mass is 268 g/mol. The first-order valence-electron chi connectivity index (χ1n) is 4.92. The van der Waals surface area contributed by atoms with Gasteiger partial charge in [0.25, 0.3) is 11.6 Å². The number of nitrogens with one attached hydrogen (secondary N) is 2. The summed E-state index contributed by atoms with van der Waals surface area (Å²) in [5, 5.41) is 18.6. The van der Waals surface area contributed by atoms with Gasteiger partial charge in [-0.3, -0.25) is 20.0 Å². The molecule has 98 valence electrons. The zero-order chi connectivity index (χ0) is 14.0. The van der Waals surface area contributed by atoms with Crippen molar-refractivity contribution in [1.82, 2.24) is 10.2 Å². The molecule has 0 saturated heterocycles. The largest absolute Gasteiger partial charge is 0.314 e. The Kier molecular flexibility index (Phi) is 3.19. The first kappa shape index (κ1) is 12.6. The van der Waals surface area contributed by atoms with Gasteiger partial charge in [0.2, 0.25) is 0 Å². The molecule has 0 fully saturated rings. The van der Waals surface area contributed by atoms with Crippen LogP contribution in [0.2, 0.25) is 0 Å². The molecule has 7 nitrogen and oxygen atoms in total. The molecule has 1 aromatic carbocycles. The second-order valence-electron chi connectivity index (χ2n) is 3.48. The quantitative estimate of drug-likeness (QED) is 0.655. The summed E-state index contributed by atoms with van der Waals surface area (Å²) in [6.45, 7) is 0. The van der Waals surface area contributed by atoms with Crippen LogP contribution in [-0.2, 0) is 0 Å². The lowest BCUT2D eigenvalue weighted by molar-refractivity contribution is -0.384. The maximum atomic E-state index is 13.5. The van der Waals surface area contributed by atoms with Crippen LogP contribution in [0.3, 0.4) is 0 Å². The van der Waals surface area contributed by atoms with Gasteiger partial charge in [0.1, 0.15) is 5.82 Å². The van der Waals surface area contributed by atoms with Gasteiger partial charge in [-0.1, -0.05) is 0 Å². The molecule has 0 radical (unpaired) electrons. The molecule has 2 aromatic rings. The van der Waals surface area contributed by atoms with Crippen LogP contribution in [0.4, 0.5) is 20.2 Å². The Bertz CT molecular complexity index is 642. The van der Waals surface area contributed by atoms with E-state index in [1.165, 1.54) is 6.20 Å². The molecule has 0 saturated carbocycles. The van der Waals surface area contributed by atoms with Gasteiger partial charge in [-0.2, -0.15) is 5.10 Å². The molecule has 1 amide bonds. The molecule has 0 aliphatic rings. The highest BCUT2D eigenvalue weighted by atomic mass is 19.1. The lowest BCUT2D eigenvalue weighted by Crippen LogP contribution is -2.14. The van der Waals surface area contributed by atoms with Crippen molar-refractivity contribution in [3.8, 4) is 0 Å². The number of anilines is 1. The predicted molar refractivity (Wildman–Crippen MR) is 59.6 cm³/mol. The van der Waals surface area contributed by atoms with Crippen LogP contribution in [0.25, 0.3) is 0 Å². The van der Waals surface area contributed by atoms with Gasteiger partial charge >= 0.3 is 0 Å². The maximum absolute atomic E-state index is 13.5. The zero-order valence-electron chi connectivity index (χ0n) is 9.18. The van der Waals surface area contributed by atoms with Crippen molar-refractivity contribution in [1.29, 1.82) is 0 Å². The second kappa shape index (κ2) is 4.80. The summed E-state index contributed by atoms with van der Waals surface area (Å²) in [5.74, 6) is -3.14. The lowest BCUT2D eigenvalue weighted by atomic mass is 10.2. The number of H-pyrrole nitrogens is 1. The van der Waals surface area contributed by atoms with Crippen LogP contribution >= 0.6 is 0 Å². The van der Waals surface area contributed by atoms with Crippen LogP contribution < -0.4 is 5.32 Å². The van der Waals surface area contributed by atoms with Crippen molar-refractivity contribution in [2.24, 2.45) is 0 Å². The van der Waals surface area contributed by atoms with Crippen LogP contribution in [0.5, 0.6) is 0 Å². The minimum Gasteiger partial charge on any atom is -0.314 e. The van der Waals surface area contributed by atoms with Crippen LogP contribution in [-0.4, -0.2) is 21.0 Å². The summed E-state index contributed by atoms with van der Waals surface area (Å²) in [5.41, 5.74) is -1.51. The highest BCUT2D eigenvalue weighted by Crippen LogP contribution is 2.28. The summed E-state index contributed by atoms with van der Waals surface area (Å²) in [7, 11) is 0. The van der Waals surface area contributed by atoms with Crippen molar-refractivity contribution < 1.29 is 18.5 Å². The minimum absolute atomic E-state index is 0.0537. The number of carbonyl (C=O) groups is 1. The number of aromatic nitrogens is 2. The summed E-state index contributed by atoms with van der Waals surface area (Å²) < 4.78 is 26.4. The number of halogens is 2. The van der Waals surface area contributed by atoms with Gasteiger partial charge in [0.05, 0.1) is 22.7 Å². The van der Waals surface area contributed by atoms with Gasteiger partial charge < -0.3 is 5.32 Å². The maximum Gasteiger partial charge on any atom is 0.298 e. The molecule has 0 aliphatic heterocycles. The fraction of sp³-hybridized carbons (Fsp3) is 0. The molecular weight excluding hydrogens is 262 g/mol. The number of nitrogens with zero attached hydrogens (tertiary/aromatic N) is 2. The van der Waals surface area contributed by atoms with E-state index in [2.05, 4.69) is 10.2 Å².